The predicted octanol–water partition coefficient (Wildman–Crippen LogP) is 3.01. The van der Waals surface area contributed by atoms with Crippen molar-refractivity contribution in [3.05, 3.63) is 64.9 Å². The number of rotatable bonds is 7. The van der Waals surface area contributed by atoms with Crippen LogP contribution in [0.3, 0.4) is 0 Å². The van der Waals surface area contributed by atoms with Crippen molar-refractivity contribution in [2.45, 2.75) is 25.8 Å². The molecule has 0 unspecified atom stereocenters. The SMILES string of the molecule is CN(CC(=O)N1CCC(CO)(Cc2ccccc2Cl)CC1)Cc1cccnc1. The van der Waals surface area contributed by atoms with Crippen LogP contribution in [0.4, 0.5) is 0 Å². The maximum atomic E-state index is 12.7. The zero-order chi connectivity index (χ0) is 20.0. The summed E-state index contributed by atoms with van der Waals surface area (Å²) in [6.45, 7) is 2.53. The minimum absolute atomic E-state index is 0.112. The van der Waals surface area contributed by atoms with Gasteiger partial charge in [-0.2, -0.15) is 0 Å². The van der Waals surface area contributed by atoms with Crippen LogP contribution >= 0.6 is 11.6 Å². The average molecular weight is 402 g/mol. The highest BCUT2D eigenvalue weighted by atomic mass is 35.5. The van der Waals surface area contributed by atoms with Gasteiger partial charge < -0.3 is 10.0 Å². The Kier molecular flexibility index (Phi) is 7.05. The van der Waals surface area contributed by atoms with Gasteiger partial charge in [0.1, 0.15) is 0 Å². The van der Waals surface area contributed by atoms with Crippen LogP contribution in [0.15, 0.2) is 48.8 Å². The number of pyridine rings is 1. The van der Waals surface area contributed by atoms with E-state index in [1.54, 1.807) is 6.20 Å². The number of carbonyl (C=O) groups excluding carboxylic acids is 1. The molecule has 1 saturated heterocycles. The number of likely N-dealkylation sites (tertiary alicyclic amines) is 1. The van der Waals surface area contributed by atoms with Crippen LogP contribution in [0, 0.1) is 5.41 Å². The van der Waals surface area contributed by atoms with Gasteiger partial charge in [0, 0.05) is 49.1 Å². The number of benzene rings is 1. The van der Waals surface area contributed by atoms with Crippen LogP contribution in [0.1, 0.15) is 24.0 Å². The lowest BCUT2D eigenvalue weighted by Crippen LogP contribution is -2.48. The summed E-state index contributed by atoms with van der Waals surface area (Å²) in [6.07, 6.45) is 5.89. The van der Waals surface area contributed by atoms with Crippen molar-refractivity contribution >= 4 is 17.5 Å². The van der Waals surface area contributed by atoms with E-state index in [1.807, 2.05) is 59.4 Å². The van der Waals surface area contributed by atoms with Crippen molar-refractivity contribution in [2.75, 3.05) is 33.3 Å². The third-order valence-corrected chi connectivity index (χ3v) is 5.98. The number of hydrogen-bond acceptors (Lipinski definition) is 4. The fraction of sp³-hybridized carbons (Fsp3) is 0.455. The minimum Gasteiger partial charge on any atom is -0.396 e. The van der Waals surface area contributed by atoms with E-state index in [0.717, 1.165) is 35.4 Å². The highest BCUT2D eigenvalue weighted by Gasteiger charge is 2.36. The molecule has 1 aliphatic rings. The van der Waals surface area contributed by atoms with E-state index in [4.69, 9.17) is 11.6 Å². The summed E-state index contributed by atoms with van der Waals surface area (Å²) in [5.74, 6) is 0.135. The molecule has 1 aliphatic heterocycles. The lowest BCUT2D eigenvalue weighted by atomic mass is 9.74. The second kappa shape index (κ2) is 9.50. The van der Waals surface area contributed by atoms with Gasteiger partial charge in [0.05, 0.1) is 6.54 Å². The number of amides is 1. The molecular formula is C22H28ClN3O2. The van der Waals surface area contributed by atoms with Crippen molar-refractivity contribution in [2.24, 2.45) is 5.41 Å². The molecule has 0 spiro atoms. The van der Waals surface area contributed by atoms with E-state index in [0.29, 0.717) is 26.2 Å². The van der Waals surface area contributed by atoms with Gasteiger partial charge in [-0.3, -0.25) is 14.7 Å². The van der Waals surface area contributed by atoms with Crippen molar-refractivity contribution in [1.82, 2.24) is 14.8 Å². The van der Waals surface area contributed by atoms with Crippen LogP contribution in [0.5, 0.6) is 0 Å². The molecule has 1 aromatic carbocycles. The number of aliphatic hydroxyl groups excluding tert-OH is 1. The second-order valence-corrected chi connectivity index (χ2v) is 8.25. The van der Waals surface area contributed by atoms with Gasteiger partial charge in [-0.05, 0) is 49.6 Å². The van der Waals surface area contributed by atoms with Gasteiger partial charge in [0.2, 0.25) is 5.91 Å². The molecule has 6 heteroatoms. The van der Waals surface area contributed by atoms with Gasteiger partial charge in [0.15, 0.2) is 0 Å². The Balaban J connectivity index is 1.53. The third-order valence-electron chi connectivity index (χ3n) is 5.62. The summed E-state index contributed by atoms with van der Waals surface area (Å²) in [6, 6.07) is 11.7. The van der Waals surface area contributed by atoms with Crippen molar-refractivity contribution in [3.8, 4) is 0 Å². The highest BCUT2D eigenvalue weighted by molar-refractivity contribution is 6.31. The number of carbonyl (C=O) groups is 1. The molecule has 1 N–H and O–H groups in total. The minimum atomic E-state index is -0.205. The molecule has 5 nitrogen and oxygen atoms in total. The van der Waals surface area contributed by atoms with Gasteiger partial charge >= 0.3 is 0 Å². The summed E-state index contributed by atoms with van der Waals surface area (Å²) in [5.41, 5.74) is 1.95. The topological polar surface area (TPSA) is 56.7 Å². The first-order valence-corrected chi connectivity index (χ1v) is 10.1. The number of likely N-dealkylation sites (N-methyl/N-ethyl adjacent to an activating group) is 1. The smallest absolute Gasteiger partial charge is 0.236 e. The second-order valence-electron chi connectivity index (χ2n) is 7.84. The Morgan fingerprint density at radius 2 is 2.00 bits per heavy atom. The fourth-order valence-electron chi connectivity index (χ4n) is 3.86. The Hall–Kier alpha value is -1.95. The Bertz CT molecular complexity index is 776. The van der Waals surface area contributed by atoms with Gasteiger partial charge in [-0.15, -0.1) is 0 Å². The van der Waals surface area contributed by atoms with Crippen LogP contribution in [-0.4, -0.2) is 59.1 Å². The Morgan fingerprint density at radius 3 is 2.64 bits per heavy atom. The Labute approximate surface area is 171 Å². The van der Waals surface area contributed by atoms with Gasteiger partial charge in [0.25, 0.3) is 0 Å². The molecule has 2 aromatic rings. The van der Waals surface area contributed by atoms with E-state index in [9.17, 15) is 9.90 Å². The van der Waals surface area contributed by atoms with Crippen LogP contribution in [0.25, 0.3) is 0 Å². The first-order chi connectivity index (χ1) is 13.5. The molecule has 2 heterocycles. The molecule has 3 rings (SSSR count). The van der Waals surface area contributed by atoms with Gasteiger partial charge in [-0.1, -0.05) is 35.9 Å². The molecule has 1 aromatic heterocycles. The molecular weight excluding hydrogens is 374 g/mol. The highest BCUT2D eigenvalue weighted by Crippen LogP contribution is 2.36. The lowest BCUT2D eigenvalue weighted by Gasteiger charge is -2.41. The number of halogens is 1. The molecule has 1 amide bonds. The largest absolute Gasteiger partial charge is 0.396 e. The van der Waals surface area contributed by atoms with Crippen molar-refractivity contribution in [3.63, 3.8) is 0 Å². The van der Waals surface area contributed by atoms with Crippen molar-refractivity contribution in [1.29, 1.82) is 0 Å². The molecule has 0 atom stereocenters. The Morgan fingerprint density at radius 1 is 1.25 bits per heavy atom. The number of aromatic nitrogens is 1. The lowest BCUT2D eigenvalue weighted by molar-refractivity contribution is -0.135. The summed E-state index contributed by atoms with van der Waals surface area (Å²) < 4.78 is 0. The summed E-state index contributed by atoms with van der Waals surface area (Å²) in [7, 11) is 1.95. The predicted molar refractivity (Wildman–Crippen MR) is 111 cm³/mol. The third kappa shape index (κ3) is 5.31. The van der Waals surface area contributed by atoms with E-state index in [-0.39, 0.29) is 17.9 Å². The summed E-state index contributed by atoms with van der Waals surface area (Å²) >= 11 is 6.31. The molecule has 0 saturated carbocycles. The number of aliphatic hydroxyl groups is 1. The van der Waals surface area contributed by atoms with E-state index >= 15 is 0 Å². The number of hydrogen-bond donors (Lipinski definition) is 1. The number of piperidine rings is 1. The fourth-order valence-corrected chi connectivity index (χ4v) is 4.06. The molecule has 0 radical (unpaired) electrons. The monoisotopic (exact) mass is 401 g/mol. The molecule has 1 fully saturated rings. The first-order valence-electron chi connectivity index (χ1n) is 9.71. The summed E-state index contributed by atoms with van der Waals surface area (Å²) in [5, 5.41) is 10.8. The number of nitrogens with zero attached hydrogens (tertiary/aromatic N) is 3. The summed E-state index contributed by atoms with van der Waals surface area (Å²) in [4.78, 5) is 20.7. The molecule has 28 heavy (non-hydrogen) atoms. The van der Waals surface area contributed by atoms with Crippen LogP contribution in [-0.2, 0) is 17.8 Å². The first kappa shape index (κ1) is 20.8. The van der Waals surface area contributed by atoms with E-state index < -0.39 is 0 Å². The maximum absolute atomic E-state index is 12.7. The quantitative estimate of drug-likeness (QED) is 0.774. The zero-order valence-corrected chi connectivity index (χ0v) is 17.1. The van der Waals surface area contributed by atoms with E-state index in [1.165, 1.54) is 0 Å². The normalized spacial score (nSPS) is 16.4. The zero-order valence-electron chi connectivity index (χ0n) is 16.4. The standard InChI is InChI=1S/C22H28ClN3O2/c1-25(15-18-5-4-10-24-14-18)16-21(28)26-11-8-22(17-27,9-12-26)13-19-6-2-3-7-20(19)23/h2-7,10,14,27H,8-9,11-13,15-17H2,1H3. The molecule has 0 bridgehead atoms. The van der Waals surface area contributed by atoms with E-state index in [2.05, 4.69) is 4.98 Å². The molecule has 150 valence electrons. The maximum Gasteiger partial charge on any atom is 0.236 e. The molecule has 0 aliphatic carbocycles. The van der Waals surface area contributed by atoms with Crippen LogP contribution in [0.2, 0.25) is 5.02 Å². The van der Waals surface area contributed by atoms with Gasteiger partial charge in [-0.25, -0.2) is 0 Å². The average Bonchev–Trinajstić information content (AvgIpc) is 2.71. The van der Waals surface area contributed by atoms with Crippen molar-refractivity contribution < 1.29 is 9.90 Å². The van der Waals surface area contributed by atoms with Crippen LogP contribution < -0.4 is 0 Å².